The van der Waals surface area contributed by atoms with Crippen LogP contribution in [0, 0.1) is 0 Å². The molecule has 0 saturated heterocycles. The third-order valence-corrected chi connectivity index (χ3v) is 1.89. The zero-order valence-electron chi connectivity index (χ0n) is 9.30. The molecule has 0 N–H and O–H groups in total. The molecule has 0 bridgehead atoms. The standard InChI is InChI=1S/C12H21N/c1-6-8-11(2)9-7-10-12(3)13(4)5/h7-9H,3,6,10H2,1-2,4-5H3/b9-7-,11-8-. The molecule has 0 atom stereocenters. The molecule has 0 heterocycles. The maximum atomic E-state index is 3.95. The first kappa shape index (κ1) is 12.0. The van der Waals surface area contributed by atoms with Crippen LogP contribution in [0.1, 0.15) is 26.7 Å². The van der Waals surface area contributed by atoms with Gasteiger partial charge in [0.25, 0.3) is 0 Å². The molecule has 0 aromatic rings. The minimum Gasteiger partial charge on any atom is -0.381 e. The van der Waals surface area contributed by atoms with Gasteiger partial charge in [-0.3, -0.25) is 0 Å². The summed E-state index contributed by atoms with van der Waals surface area (Å²) in [4.78, 5) is 2.04. The van der Waals surface area contributed by atoms with E-state index in [2.05, 4.69) is 38.7 Å². The predicted octanol–water partition coefficient (Wildman–Crippen LogP) is 3.36. The van der Waals surface area contributed by atoms with Crippen molar-refractivity contribution in [2.24, 2.45) is 0 Å². The van der Waals surface area contributed by atoms with Crippen LogP contribution in [0.2, 0.25) is 0 Å². The van der Waals surface area contributed by atoms with Crippen LogP contribution in [0.3, 0.4) is 0 Å². The first-order chi connectivity index (χ1) is 6.07. The van der Waals surface area contributed by atoms with Gasteiger partial charge in [-0.15, -0.1) is 0 Å². The highest BCUT2D eigenvalue weighted by Gasteiger charge is 1.91. The van der Waals surface area contributed by atoms with Gasteiger partial charge in [-0.1, -0.05) is 37.3 Å². The van der Waals surface area contributed by atoms with Crippen LogP contribution in [0.15, 0.2) is 36.1 Å². The second kappa shape index (κ2) is 6.53. The Hall–Kier alpha value is -0.980. The minimum atomic E-state index is 0.932. The fourth-order valence-electron chi connectivity index (χ4n) is 0.953. The van der Waals surface area contributed by atoms with E-state index in [0.29, 0.717) is 0 Å². The van der Waals surface area contributed by atoms with Gasteiger partial charge in [0.15, 0.2) is 0 Å². The third-order valence-electron chi connectivity index (χ3n) is 1.89. The van der Waals surface area contributed by atoms with Crippen LogP contribution >= 0.6 is 0 Å². The Balaban J connectivity index is 3.88. The third kappa shape index (κ3) is 6.21. The van der Waals surface area contributed by atoms with E-state index in [1.165, 1.54) is 5.57 Å². The van der Waals surface area contributed by atoms with Crippen molar-refractivity contribution in [1.82, 2.24) is 4.90 Å². The highest BCUT2D eigenvalue weighted by molar-refractivity contribution is 5.17. The monoisotopic (exact) mass is 179 g/mol. The van der Waals surface area contributed by atoms with Gasteiger partial charge in [0, 0.05) is 26.2 Å². The summed E-state index contributed by atoms with van der Waals surface area (Å²) in [6.45, 7) is 8.22. The van der Waals surface area contributed by atoms with E-state index >= 15 is 0 Å². The lowest BCUT2D eigenvalue weighted by Gasteiger charge is -2.13. The number of hydrogen-bond acceptors (Lipinski definition) is 1. The van der Waals surface area contributed by atoms with E-state index in [4.69, 9.17) is 0 Å². The molecule has 13 heavy (non-hydrogen) atoms. The number of nitrogens with zero attached hydrogens (tertiary/aromatic N) is 1. The van der Waals surface area contributed by atoms with E-state index < -0.39 is 0 Å². The maximum absolute atomic E-state index is 3.95. The van der Waals surface area contributed by atoms with Gasteiger partial charge in [-0.25, -0.2) is 0 Å². The van der Waals surface area contributed by atoms with Crippen molar-refractivity contribution in [2.75, 3.05) is 14.1 Å². The van der Waals surface area contributed by atoms with Crippen molar-refractivity contribution in [3.05, 3.63) is 36.1 Å². The van der Waals surface area contributed by atoms with E-state index in [1.54, 1.807) is 0 Å². The van der Waals surface area contributed by atoms with Crippen molar-refractivity contribution in [2.45, 2.75) is 26.7 Å². The van der Waals surface area contributed by atoms with Gasteiger partial charge in [0.1, 0.15) is 0 Å². The minimum absolute atomic E-state index is 0.932. The van der Waals surface area contributed by atoms with E-state index in [9.17, 15) is 0 Å². The number of rotatable bonds is 5. The van der Waals surface area contributed by atoms with Crippen LogP contribution < -0.4 is 0 Å². The summed E-state index contributed by atoms with van der Waals surface area (Å²) >= 11 is 0. The lowest BCUT2D eigenvalue weighted by Crippen LogP contribution is -2.08. The van der Waals surface area contributed by atoms with Crippen molar-refractivity contribution in [3.63, 3.8) is 0 Å². The normalized spacial score (nSPS) is 12.2. The van der Waals surface area contributed by atoms with Crippen LogP contribution in [0.4, 0.5) is 0 Å². The highest BCUT2D eigenvalue weighted by atomic mass is 15.1. The summed E-state index contributed by atoms with van der Waals surface area (Å²) in [6, 6.07) is 0. The lowest BCUT2D eigenvalue weighted by atomic mass is 10.2. The zero-order valence-corrected chi connectivity index (χ0v) is 9.30. The van der Waals surface area contributed by atoms with Gasteiger partial charge < -0.3 is 4.90 Å². The molecule has 0 aromatic carbocycles. The molecule has 0 spiro atoms. The quantitative estimate of drug-likeness (QED) is 0.585. The molecule has 0 rings (SSSR count). The zero-order chi connectivity index (χ0) is 10.3. The molecule has 0 fully saturated rings. The van der Waals surface area contributed by atoms with Crippen LogP contribution in [-0.2, 0) is 0 Å². The number of hydrogen-bond donors (Lipinski definition) is 0. The summed E-state index contributed by atoms with van der Waals surface area (Å²) in [5, 5.41) is 0. The first-order valence-electron chi connectivity index (χ1n) is 4.76. The fourth-order valence-corrected chi connectivity index (χ4v) is 0.953. The largest absolute Gasteiger partial charge is 0.381 e. The second-order valence-electron chi connectivity index (χ2n) is 3.42. The molecule has 0 aliphatic rings. The Kier molecular flexibility index (Phi) is 6.03. The van der Waals surface area contributed by atoms with Crippen molar-refractivity contribution in [1.29, 1.82) is 0 Å². The summed E-state index contributed by atoms with van der Waals surface area (Å²) in [5.41, 5.74) is 2.47. The van der Waals surface area contributed by atoms with Gasteiger partial charge in [-0.05, 0) is 13.3 Å². The van der Waals surface area contributed by atoms with Crippen LogP contribution in [-0.4, -0.2) is 19.0 Å². The van der Waals surface area contributed by atoms with Gasteiger partial charge in [0.2, 0.25) is 0 Å². The summed E-state index contributed by atoms with van der Waals surface area (Å²) < 4.78 is 0. The Morgan fingerprint density at radius 2 is 2.00 bits per heavy atom. The first-order valence-corrected chi connectivity index (χ1v) is 4.76. The van der Waals surface area contributed by atoms with Crippen molar-refractivity contribution in [3.8, 4) is 0 Å². The fraction of sp³-hybridized carbons (Fsp3) is 0.500. The molecule has 1 nitrogen and oxygen atoms in total. The SMILES string of the molecule is C=C(C/C=C\C(C)=C/CC)N(C)C. The molecule has 74 valence electrons. The van der Waals surface area contributed by atoms with E-state index in [0.717, 1.165) is 18.5 Å². The molecule has 0 radical (unpaired) electrons. The Morgan fingerprint density at radius 3 is 2.46 bits per heavy atom. The van der Waals surface area contributed by atoms with Gasteiger partial charge >= 0.3 is 0 Å². The lowest BCUT2D eigenvalue weighted by molar-refractivity contribution is 0.504. The maximum Gasteiger partial charge on any atom is 0.00929 e. The Morgan fingerprint density at radius 1 is 1.38 bits per heavy atom. The Bertz CT molecular complexity index is 209. The van der Waals surface area contributed by atoms with Crippen LogP contribution in [0.25, 0.3) is 0 Å². The van der Waals surface area contributed by atoms with Crippen molar-refractivity contribution >= 4 is 0 Å². The summed E-state index contributed by atoms with van der Waals surface area (Å²) in [7, 11) is 4.04. The molecule has 0 amide bonds. The molecule has 0 aromatic heterocycles. The average molecular weight is 179 g/mol. The van der Waals surface area contributed by atoms with E-state index in [-0.39, 0.29) is 0 Å². The van der Waals surface area contributed by atoms with Gasteiger partial charge in [0.05, 0.1) is 0 Å². The predicted molar refractivity (Wildman–Crippen MR) is 60.6 cm³/mol. The summed E-state index contributed by atoms with van der Waals surface area (Å²) in [6.07, 6.45) is 8.56. The molecule has 0 aliphatic carbocycles. The van der Waals surface area contributed by atoms with Gasteiger partial charge in [-0.2, -0.15) is 0 Å². The van der Waals surface area contributed by atoms with E-state index in [1.807, 2.05) is 19.0 Å². The summed E-state index contributed by atoms with van der Waals surface area (Å²) in [5.74, 6) is 0. The Labute approximate surface area is 82.4 Å². The number of allylic oxidation sites excluding steroid dienone is 4. The average Bonchev–Trinajstić information content (AvgIpc) is 2.04. The molecule has 0 aliphatic heterocycles. The van der Waals surface area contributed by atoms with Crippen molar-refractivity contribution < 1.29 is 0 Å². The van der Waals surface area contributed by atoms with Crippen LogP contribution in [0.5, 0.6) is 0 Å². The molecule has 1 heteroatoms. The topological polar surface area (TPSA) is 3.24 Å². The molecular weight excluding hydrogens is 158 g/mol. The molecule has 0 saturated carbocycles. The molecular formula is C12H21N. The smallest absolute Gasteiger partial charge is 0.00929 e. The second-order valence-corrected chi connectivity index (χ2v) is 3.42. The highest BCUT2D eigenvalue weighted by Crippen LogP contribution is 2.04. The molecule has 0 unspecified atom stereocenters.